The van der Waals surface area contributed by atoms with E-state index >= 15 is 0 Å². The second-order valence-electron chi connectivity index (χ2n) is 6.66. The highest BCUT2D eigenvalue weighted by atomic mass is 16.5. The predicted octanol–water partition coefficient (Wildman–Crippen LogP) is 3.54. The van der Waals surface area contributed by atoms with Gasteiger partial charge in [0, 0.05) is 23.0 Å². The van der Waals surface area contributed by atoms with E-state index in [1.54, 1.807) is 20.4 Å². The number of hydrogen-bond acceptors (Lipinski definition) is 4. The Morgan fingerprint density at radius 1 is 1.04 bits per heavy atom. The maximum absolute atomic E-state index is 12.3. The summed E-state index contributed by atoms with van der Waals surface area (Å²) in [5.74, 6) is 0.571. The van der Waals surface area contributed by atoms with Crippen molar-refractivity contribution in [3.8, 4) is 11.5 Å². The number of rotatable bonds is 6. The summed E-state index contributed by atoms with van der Waals surface area (Å²) in [4.78, 5) is 20.2. The predicted molar refractivity (Wildman–Crippen MR) is 109 cm³/mol. The van der Waals surface area contributed by atoms with Gasteiger partial charge in [-0.2, -0.15) is 0 Å². The third-order valence-electron chi connectivity index (χ3n) is 5.03. The molecule has 0 saturated heterocycles. The molecule has 0 saturated carbocycles. The van der Waals surface area contributed by atoms with Gasteiger partial charge in [-0.3, -0.25) is 9.78 Å². The Balaban J connectivity index is 1.80. The number of pyridine rings is 1. The highest BCUT2D eigenvalue weighted by Gasteiger charge is 2.24. The van der Waals surface area contributed by atoms with Crippen molar-refractivity contribution in [3.63, 3.8) is 0 Å². The lowest BCUT2D eigenvalue weighted by atomic mass is 9.93. The molecule has 2 heterocycles. The summed E-state index contributed by atoms with van der Waals surface area (Å²) in [5.41, 5.74) is 9.15. The highest BCUT2D eigenvalue weighted by Crippen LogP contribution is 2.33. The quantitative estimate of drug-likeness (QED) is 0.539. The van der Waals surface area contributed by atoms with E-state index in [4.69, 9.17) is 15.2 Å². The zero-order valence-electron chi connectivity index (χ0n) is 15.7. The van der Waals surface area contributed by atoms with Crippen molar-refractivity contribution in [2.24, 2.45) is 5.73 Å². The summed E-state index contributed by atoms with van der Waals surface area (Å²) >= 11 is 0. The number of fused-ring (bicyclic) bond motifs is 3. The normalized spacial score (nSPS) is 12.2. The number of H-pyrrole nitrogens is 1. The second-order valence-corrected chi connectivity index (χ2v) is 6.66. The highest BCUT2D eigenvalue weighted by molar-refractivity contribution is 6.09. The number of nitrogens with zero attached hydrogens (tertiary/aromatic N) is 1. The first-order valence-corrected chi connectivity index (χ1v) is 8.97. The Morgan fingerprint density at radius 3 is 2.43 bits per heavy atom. The Morgan fingerprint density at radius 2 is 1.75 bits per heavy atom. The van der Waals surface area contributed by atoms with Crippen LogP contribution in [-0.4, -0.2) is 30.1 Å². The van der Waals surface area contributed by atoms with Crippen LogP contribution in [0.15, 0.2) is 54.7 Å². The average Bonchev–Trinajstić information content (AvgIpc) is 3.10. The van der Waals surface area contributed by atoms with Crippen LogP contribution in [0.5, 0.6) is 11.5 Å². The van der Waals surface area contributed by atoms with Gasteiger partial charge < -0.3 is 20.2 Å². The van der Waals surface area contributed by atoms with E-state index in [1.165, 1.54) is 0 Å². The molecule has 0 fully saturated rings. The van der Waals surface area contributed by atoms with Crippen molar-refractivity contribution in [2.75, 3.05) is 14.2 Å². The molecular weight excluding hydrogens is 354 g/mol. The maximum Gasteiger partial charge on any atom is 0.226 e. The number of primary amides is 1. The third-order valence-corrected chi connectivity index (χ3v) is 5.03. The van der Waals surface area contributed by atoms with E-state index in [0.717, 1.165) is 38.9 Å². The molecule has 142 valence electrons. The van der Waals surface area contributed by atoms with Gasteiger partial charge >= 0.3 is 0 Å². The fourth-order valence-electron chi connectivity index (χ4n) is 3.55. The van der Waals surface area contributed by atoms with Crippen molar-refractivity contribution in [1.29, 1.82) is 0 Å². The van der Waals surface area contributed by atoms with Crippen LogP contribution < -0.4 is 15.2 Å². The van der Waals surface area contributed by atoms with Crippen LogP contribution in [0.2, 0.25) is 0 Å². The molecule has 2 aromatic heterocycles. The summed E-state index contributed by atoms with van der Waals surface area (Å²) in [6.45, 7) is 0. The number of hydrogen-bond donors (Lipinski definition) is 2. The Bertz CT molecular complexity index is 1150. The Kier molecular flexibility index (Phi) is 4.61. The fraction of sp³-hybridized carbons (Fsp3) is 0.182. The molecule has 0 spiro atoms. The maximum atomic E-state index is 12.3. The average molecular weight is 375 g/mol. The molecule has 3 N–H and O–H groups in total. The van der Waals surface area contributed by atoms with Gasteiger partial charge in [0.05, 0.1) is 36.9 Å². The minimum absolute atomic E-state index is 0.410. The van der Waals surface area contributed by atoms with Gasteiger partial charge in [-0.15, -0.1) is 0 Å². The van der Waals surface area contributed by atoms with Gasteiger partial charge in [-0.1, -0.05) is 12.1 Å². The van der Waals surface area contributed by atoms with Crippen LogP contribution >= 0.6 is 0 Å². The topological polar surface area (TPSA) is 90.2 Å². The summed E-state index contributed by atoms with van der Waals surface area (Å²) in [6, 6.07) is 15.4. The smallest absolute Gasteiger partial charge is 0.226 e. The van der Waals surface area contributed by atoms with Gasteiger partial charge in [0.25, 0.3) is 0 Å². The first-order valence-electron chi connectivity index (χ1n) is 8.97. The zero-order valence-corrected chi connectivity index (χ0v) is 15.7. The van der Waals surface area contributed by atoms with Crippen molar-refractivity contribution >= 4 is 27.7 Å². The molecular formula is C22H21N3O3. The molecule has 1 unspecified atom stereocenters. The number of carbonyl (C=O) groups excluding carboxylic acids is 1. The number of benzene rings is 2. The van der Waals surface area contributed by atoms with E-state index < -0.39 is 11.8 Å². The first-order chi connectivity index (χ1) is 13.6. The number of aromatic amines is 1. The summed E-state index contributed by atoms with van der Waals surface area (Å²) < 4.78 is 10.5. The molecule has 28 heavy (non-hydrogen) atoms. The van der Waals surface area contributed by atoms with Gasteiger partial charge in [0.2, 0.25) is 5.91 Å². The summed E-state index contributed by atoms with van der Waals surface area (Å²) in [5, 5.41) is 2.05. The van der Waals surface area contributed by atoms with Crippen LogP contribution in [0, 0.1) is 0 Å². The van der Waals surface area contributed by atoms with E-state index in [1.807, 2.05) is 48.5 Å². The van der Waals surface area contributed by atoms with Gasteiger partial charge in [-0.05, 0) is 42.3 Å². The van der Waals surface area contributed by atoms with Crippen LogP contribution in [0.25, 0.3) is 21.8 Å². The fourth-order valence-corrected chi connectivity index (χ4v) is 3.55. The van der Waals surface area contributed by atoms with Gasteiger partial charge in [-0.25, -0.2) is 0 Å². The summed E-state index contributed by atoms with van der Waals surface area (Å²) in [7, 11) is 3.26. The first kappa shape index (κ1) is 17.9. The molecule has 0 aliphatic carbocycles. The molecule has 0 aliphatic heterocycles. The number of methoxy groups -OCH3 is 2. The Labute approximate surface area is 162 Å². The number of ether oxygens (including phenoxy) is 2. The molecule has 0 bridgehead atoms. The van der Waals surface area contributed by atoms with Crippen molar-refractivity contribution in [1.82, 2.24) is 9.97 Å². The summed E-state index contributed by atoms with van der Waals surface area (Å²) in [6.07, 6.45) is 2.18. The molecule has 6 heteroatoms. The van der Waals surface area contributed by atoms with Crippen LogP contribution in [0.1, 0.15) is 17.2 Å². The Hall–Kier alpha value is -3.54. The van der Waals surface area contributed by atoms with Crippen molar-refractivity contribution in [2.45, 2.75) is 12.3 Å². The zero-order chi connectivity index (χ0) is 19.7. The molecule has 0 aliphatic rings. The van der Waals surface area contributed by atoms with Crippen molar-refractivity contribution < 1.29 is 14.3 Å². The molecule has 1 atom stereocenters. The van der Waals surface area contributed by atoms with E-state index in [9.17, 15) is 4.79 Å². The second kappa shape index (κ2) is 7.23. The monoisotopic (exact) mass is 375 g/mol. The van der Waals surface area contributed by atoms with E-state index in [2.05, 4.69) is 9.97 Å². The minimum Gasteiger partial charge on any atom is -0.497 e. The molecule has 6 nitrogen and oxygen atoms in total. The van der Waals surface area contributed by atoms with Crippen LogP contribution in [0.4, 0.5) is 0 Å². The lowest BCUT2D eigenvalue weighted by molar-refractivity contribution is -0.119. The third kappa shape index (κ3) is 3.13. The molecule has 2 aromatic carbocycles. The molecule has 1 amide bonds. The standard InChI is InChI=1S/C22H21N3O3/c1-27-14-5-3-13(4-6-14)11-18(22(23)26)20-21-17(9-10-24-20)16-8-7-15(28-2)12-19(16)25-21/h3-10,12,18,25H,11H2,1-2H3,(H2,23,26). The van der Waals surface area contributed by atoms with Gasteiger partial charge in [0.1, 0.15) is 11.5 Å². The number of carbonyl (C=O) groups is 1. The largest absolute Gasteiger partial charge is 0.497 e. The van der Waals surface area contributed by atoms with Gasteiger partial charge in [0.15, 0.2) is 0 Å². The SMILES string of the molecule is COc1ccc(CC(C(N)=O)c2nccc3c2[nH]c2cc(OC)ccc23)cc1. The van der Waals surface area contributed by atoms with Crippen molar-refractivity contribution in [3.05, 3.63) is 66.0 Å². The lowest BCUT2D eigenvalue weighted by Crippen LogP contribution is -2.24. The van der Waals surface area contributed by atoms with Crippen LogP contribution in [0.3, 0.4) is 0 Å². The molecule has 0 radical (unpaired) electrons. The molecule has 4 aromatic rings. The molecule has 4 rings (SSSR count). The number of amides is 1. The lowest BCUT2D eigenvalue weighted by Gasteiger charge is -2.14. The minimum atomic E-state index is -0.549. The number of nitrogens with one attached hydrogen (secondary N) is 1. The number of nitrogens with two attached hydrogens (primary N) is 1. The van der Waals surface area contributed by atoms with E-state index in [-0.39, 0.29) is 0 Å². The van der Waals surface area contributed by atoms with E-state index in [0.29, 0.717) is 12.1 Å². The van der Waals surface area contributed by atoms with Crippen LogP contribution in [-0.2, 0) is 11.2 Å². The number of aromatic nitrogens is 2.